The highest BCUT2D eigenvalue weighted by Crippen LogP contribution is 2.29. The van der Waals surface area contributed by atoms with E-state index in [1.807, 2.05) is 26.8 Å². The fraction of sp³-hybridized carbons (Fsp3) is 0.467. The number of hydrogen-bond donors (Lipinski definition) is 2. The molecule has 1 fully saturated rings. The largest absolute Gasteiger partial charge is 0.444 e. The van der Waals surface area contributed by atoms with Crippen LogP contribution in [0.5, 0.6) is 0 Å². The molecule has 1 unspecified atom stereocenters. The third-order valence-electron chi connectivity index (χ3n) is 7.61. The molecule has 2 aliphatic heterocycles. The number of nitrogens with one attached hydrogen (secondary N) is 2. The molecule has 1 atom stereocenters. The van der Waals surface area contributed by atoms with Crippen molar-refractivity contribution in [3.05, 3.63) is 62.8 Å². The molecule has 3 heterocycles. The summed E-state index contributed by atoms with van der Waals surface area (Å²) in [6.07, 6.45) is 0.317. The number of sulfonamides is 1. The van der Waals surface area contributed by atoms with Crippen LogP contribution in [0.15, 0.2) is 47.4 Å². The van der Waals surface area contributed by atoms with Crippen LogP contribution in [0.4, 0.5) is 4.79 Å². The van der Waals surface area contributed by atoms with E-state index in [0.717, 1.165) is 20.7 Å². The summed E-state index contributed by atoms with van der Waals surface area (Å²) < 4.78 is 58.6. The molecule has 3 aromatic rings. The molecule has 0 aliphatic carbocycles. The first-order valence-corrected chi connectivity index (χ1v) is 19.1. The van der Waals surface area contributed by atoms with Gasteiger partial charge in [-0.1, -0.05) is 23.7 Å². The van der Waals surface area contributed by atoms with Crippen LogP contribution in [-0.2, 0) is 48.9 Å². The maximum atomic E-state index is 13.6. The smallest absolute Gasteiger partial charge is 0.410 e. The molecule has 0 saturated carbocycles. The fourth-order valence-corrected chi connectivity index (χ4v) is 8.81. The van der Waals surface area contributed by atoms with Crippen LogP contribution in [0.2, 0.25) is 5.02 Å². The zero-order chi connectivity index (χ0) is 32.6. The second-order valence-corrected chi connectivity index (χ2v) is 18.0. The molecular weight excluding hydrogens is 660 g/mol. The summed E-state index contributed by atoms with van der Waals surface area (Å²) in [5.74, 6) is -0.646. The van der Waals surface area contributed by atoms with Gasteiger partial charge in [-0.3, -0.25) is 10.1 Å². The van der Waals surface area contributed by atoms with E-state index >= 15 is 0 Å². The Bertz CT molecular complexity index is 1810. The minimum absolute atomic E-state index is 0.0487. The topological polar surface area (TPSA) is 142 Å². The molecule has 2 N–H and O–H groups in total. The number of carbonyl (C=O) groups is 2. The molecule has 45 heavy (non-hydrogen) atoms. The van der Waals surface area contributed by atoms with Gasteiger partial charge in [-0.25, -0.2) is 26.4 Å². The van der Waals surface area contributed by atoms with Crippen molar-refractivity contribution in [1.29, 1.82) is 0 Å². The Labute approximate surface area is 272 Å². The summed E-state index contributed by atoms with van der Waals surface area (Å²) in [7, 11) is -7.20. The molecule has 1 aromatic heterocycles. The molecule has 0 radical (unpaired) electrons. The lowest BCUT2D eigenvalue weighted by atomic mass is 10.1. The molecular formula is C30H37ClN4O7S3. The number of hydrogen-bond acceptors (Lipinski definition) is 9. The lowest BCUT2D eigenvalue weighted by Gasteiger charge is -2.30. The zero-order valence-electron chi connectivity index (χ0n) is 25.3. The Morgan fingerprint density at radius 1 is 1.02 bits per heavy atom. The summed E-state index contributed by atoms with van der Waals surface area (Å²) in [5, 5.41) is 5.25. The van der Waals surface area contributed by atoms with Crippen LogP contribution in [0.1, 0.15) is 36.1 Å². The van der Waals surface area contributed by atoms with Crippen LogP contribution in [0, 0.1) is 0 Å². The van der Waals surface area contributed by atoms with E-state index in [1.54, 1.807) is 46.6 Å². The number of fused-ring (bicyclic) bond motifs is 2. The molecule has 15 heteroatoms. The standard InChI is InChI=1S/C30H37ClN4O7S3/c1-30(2,3)42-29(37)35-9-8-27-22(19-35)15-24(43-27)17-32-26(28(36)34-10-12-44(38,39)13-11-34)18-33-45(40,41)25-7-5-20-14-23(31)6-4-21(20)16-25/h4-7,14-16,26,32-33H,8-13,17-19H2,1-3H3. The molecule has 244 valence electrons. The zero-order valence-corrected chi connectivity index (χ0v) is 28.5. The molecule has 11 nitrogen and oxygen atoms in total. The van der Waals surface area contributed by atoms with Gasteiger partial charge in [-0.2, -0.15) is 0 Å². The predicted molar refractivity (Wildman–Crippen MR) is 175 cm³/mol. The highest BCUT2D eigenvalue weighted by atomic mass is 35.5. The van der Waals surface area contributed by atoms with Crippen LogP contribution >= 0.6 is 22.9 Å². The average Bonchev–Trinajstić information content (AvgIpc) is 3.38. The number of benzene rings is 2. The lowest BCUT2D eigenvalue weighted by Crippen LogP contribution is -2.55. The first kappa shape index (κ1) is 33.6. The van der Waals surface area contributed by atoms with Gasteiger partial charge >= 0.3 is 6.09 Å². The fourth-order valence-electron chi connectivity index (χ4n) is 5.23. The summed E-state index contributed by atoms with van der Waals surface area (Å²) in [5.41, 5.74) is 0.419. The van der Waals surface area contributed by atoms with Crippen molar-refractivity contribution in [3.8, 4) is 0 Å². The number of thiophene rings is 1. The van der Waals surface area contributed by atoms with E-state index in [1.165, 1.54) is 11.0 Å². The second kappa shape index (κ2) is 13.2. The molecule has 1 saturated heterocycles. The van der Waals surface area contributed by atoms with Crippen LogP contribution in [0.25, 0.3) is 10.8 Å². The number of sulfone groups is 1. The van der Waals surface area contributed by atoms with Gasteiger partial charge in [0, 0.05) is 47.5 Å². The maximum absolute atomic E-state index is 13.6. The van der Waals surface area contributed by atoms with Gasteiger partial charge in [-0.05, 0) is 73.9 Å². The van der Waals surface area contributed by atoms with E-state index in [4.69, 9.17) is 16.3 Å². The summed E-state index contributed by atoms with van der Waals surface area (Å²) >= 11 is 7.64. The molecule has 2 amide bonds. The molecule has 0 spiro atoms. The van der Waals surface area contributed by atoms with Crippen molar-refractivity contribution in [2.24, 2.45) is 0 Å². The number of nitrogens with zero attached hydrogens (tertiary/aromatic N) is 2. The number of carbonyl (C=O) groups excluding carboxylic acids is 2. The quantitative estimate of drug-likeness (QED) is 0.364. The Hall–Kier alpha value is -2.75. The summed E-state index contributed by atoms with van der Waals surface area (Å²) in [6.45, 7) is 6.58. The van der Waals surface area contributed by atoms with E-state index in [0.29, 0.717) is 29.9 Å². The van der Waals surface area contributed by atoms with E-state index in [9.17, 15) is 26.4 Å². The van der Waals surface area contributed by atoms with Crippen molar-refractivity contribution in [2.45, 2.75) is 56.8 Å². The van der Waals surface area contributed by atoms with Gasteiger partial charge in [0.25, 0.3) is 0 Å². The van der Waals surface area contributed by atoms with Gasteiger partial charge in [0.1, 0.15) is 11.6 Å². The predicted octanol–water partition coefficient (Wildman–Crippen LogP) is 3.54. The minimum atomic E-state index is -3.99. The number of rotatable bonds is 8. The monoisotopic (exact) mass is 696 g/mol. The average molecular weight is 697 g/mol. The van der Waals surface area contributed by atoms with Crippen molar-refractivity contribution in [2.75, 3.05) is 37.7 Å². The summed E-state index contributed by atoms with van der Waals surface area (Å²) in [4.78, 5) is 31.4. The summed E-state index contributed by atoms with van der Waals surface area (Å²) in [6, 6.07) is 10.9. The van der Waals surface area contributed by atoms with Crippen molar-refractivity contribution in [3.63, 3.8) is 0 Å². The lowest BCUT2D eigenvalue weighted by molar-refractivity contribution is -0.133. The third kappa shape index (κ3) is 8.54. The minimum Gasteiger partial charge on any atom is -0.444 e. The molecule has 2 aromatic carbocycles. The van der Waals surface area contributed by atoms with Crippen molar-refractivity contribution >= 4 is 65.6 Å². The van der Waals surface area contributed by atoms with Gasteiger partial charge < -0.3 is 14.5 Å². The van der Waals surface area contributed by atoms with Crippen molar-refractivity contribution in [1.82, 2.24) is 19.8 Å². The molecule has 2 aliphatic rings. The molecule has 5 rings (SSSR count). The van der Waals surface area contributed by atoms with E-state index < -0.39 is 31.5 Å². The van der Waals surface area contributed by atoms with Gasteiger partial charge in [0.15, 0.2) is 9.84 Å². The number of ether oxygens (including phenoxy) is 1. The second-order valence-electron chi connectivity index (χ2n) is 12.2. The van der Waals surface area contributed by atoms with Gasteiger partial charge in [0.05, 0.1) is 22.9 Å². The number of amides is 2. The highest BCUT2D eigenvalue weighted by Gasteiger charge is 2.32. The maximum Gasteiger partial charge on any atom is 0.410 e. The van der Waals surface area contributed by atoms with Crippen LogP contribution < -0.4 is 10.0 Å². The number of halogens is 1. The van der Waals surface area contributed by atoms with Crippen LogP contribution in [-0.4, -0.2) is 88.0 Å². The first-order chi connectivity index (χ1) is 21.1. The van der Waals surface area contributed by atoms with Crippen molar-refractivity contribution < 1.29 is 31.2 Å². The molecule has 0 bridgehead atoms. The Morgan fingerprint density at radius 3 is 2.42 bits per heavy atom. The SMILES string of the molecule is CC(C)(C)OC(=O)N1CCc2sc(CNC(CNS(=O)(=O)c3ccc4cc(Cl)ccc4c3)C(=O)N3CCS(=O)(=O)CC3)cc2C1. The first-order valence-electron chi connectivity index (χ1n) is 14.6. The van der Waals surface area contributed by atoms with E-state index in [-0.39, 0.29) is 54.6 Å². The van der Waals surface area contributed by atoms with Crippen LogP contribution in [0.3, 0.4) is 0 Å². The normalized spacial score (nSPS) is 17.6. The Kier molecular flexibility index (Phi) is 9.83. The van der Waals surface area contributed by atoms with E-state index in [2.05, 4.69) is 10.0 Å². The van der Waals surface area contributed by atoms with Gasteiger partial charge in [-0.15, -0.1) is 11.3 Å². The highest BCUT2D eigenvalue weighted by molar-refractivity contribution is 7.91. The Balaban J connectivity index is 1.29. The third-order valence-corrected chi connectivity index (χ3v) is 12.1. The van der Waals surface area contributed by atoms with Gasteiger partial charge in [0.2, 0.25) is 15.9 Å². The Morgan fingerprint density at radius 2 is 1.71 bits per heavy atom.